The van der Waals surface area contributed by atoms with Gasteiger partial charge in [0.1, 0.15) is 11.2 Å². The van der Waals surface area contributed by atoms with Crippen molar-refractivity contribution in [1.82, 2.24) is 29.7 Å². The van der Waals surface area contributed by atoms with Gasteiger partial charge >= 0.3 is 0 Å². The molecular formula is C29H34N8O. The molecule has 6 rings (SSSR count). The molecule has 9 nitrogen and oxygen atoms in total. The highest BCUT2D eigenvalue weighted by molar-refractivity contribution is 5.74. The fraction of sp³-hybridized carbons (Fsp3) is 0.379. The number of H-pyrrole nitrogens is 1. The number of nitrogens with zero attached hydrogens (tertiary/aromatic N) is 6. The van der Waals surface area contributed by atoms with Gasteiger partial charge in [0.05, 0.1) is 6.20 Å². The van der Waals surface area contributed by atoms with Gasteiger partial charge in [-0.1, -0.05) is 30.3 Å². The maximum Gasteiger partial charge on any atom is 0.276 e. The molecule has 0 saturated carbocycles. The van der Waals surface area contributed by atoms with E-state index in [9.17, 15) is 4.79 Å². The number of aromatic nitrogens is 4. The number of piperazine rings is 1. The number of aryl methyl sites for hydroxylation is 1. The molecule has 0 atom stereocenters. The second kappa shape index (κ2) is 10.5. The van der Waals surface area contributed by atoms with Crippen molar-refractivity contribution in [3.05, 3.63) is 70.6 Å². The third kappa shape index (κ3) is 5.12. The summed E-state index contributed by atoms with van der Waals surface area (Å²) in [5.74, 6) is 0.419. The largest absolute Gasteiger partial charge is 0.371 e. The van der Waals surface area contributed by atoms with Gasteiger partial charge in [0, 0.05) is 62.2 Å². The molecule has 196 valence electrons. The SMILES string of the molecule is Cc1cc(Nc2ncc3nc(-c4ccccc4)c(=O)[nH]c3n2)ccc1N1CCC(N2CCN(C)CC2)CC1. The molecule has 9 heteroatoms. The van der Waals surface area contributed by atoms with E-state index < -0.39 is 0 Å². The minimum atomic E-state index is -0.273. The number of fused-ring (bicyclic) bond motifs is 1. The molecule has 0 bridgehead atoms. The molecule has 0 spiro atoms. The van der Waals surface area contributed by atoms with Crippen LogP contribution in [0.1, 0.15) is 18.4 Å². The van der Waals surface area contributed by atoms with Gasteiger partial charge in [-0.15, -0.1) is 0 Å². The Morgan fingerprint density at radius 3 is 2.45 bits per heavy atom. The molecule has 2 aromatic heterocycles. The Morgan fingerprint density at radius 2 is 1.71 bits per heavy atom. The molecule has 38 heavy (non-hydrogen) atoms. The van der Waals surface area contributed by atoms with E-state index in [0.717, 1.165) is 24.3 Å². The molecule has 2 saturated heterocycles. The smallest absolute Gasteiger partial charge is 0.276 e. The number of hydrogen-bond donors (Lipinski definition) is 2. The van der Waals surface area contributed by atoms with Crippen molar-refractivity contribution in [1.29, 1.82) is 0 Å². The first-order valence-corrected chi connectivity index (χ1v) is 13.4. The maximum absolute atomic E-state index is 12.7. The summed E-state index contributed by atoms with van der Waals surface area (Å²) in [5.41, 5.74) is 5.21. The van der Waals surface area contributed by atoms with Crippen LogP contribution in [0.25, 0.3) is 22.4 Å². The number of rotatable bonds is 5. The van der Waals surface area contributed by atoms with Gasteiger partial charge < -0.3 is 20.1 Å². The lowest BCUT2D eigenvalue weighted by molar-refractivity contribution is 0.0982. The molecule has 0 amide bonds. The fourth-order valence-corrected chi connectivity index (χ4v) is 5.62. The Bertz CT molecular complexity index is 1470. The van der Waals surface area contributed by atoms with Gasteiger partial charge in [-0.05, 0) is 50.6 Å². The van der Waals surface area contributed by atoms with Gasteiger partial charge in [0.25, 0.3) is 5.56 Å². The first-order chi connectivity index (χ1) is 18.5. The second-order valence-electron chi connectivity index (χ2n) is 10.4. The standard InChI is InChI=1S/C29H34N8O/c1-20-18-22(8-9-25(20)37-12-10-23(11-13-37)36-16-14-35(2)15-17-36)31-29-30-19-24-27(34-29)33-28(38)26(32-24)21-6-4-3-5-7-21/h3-9,18-19,23H,10-17H2,1-2H3,(H2,30,31,33,34,38). The van der Waals surface area contributed by atoms with Crippen molar-refractivity contribution in [2.75, 3.05) is 56.5 Å². The highest BCUT2D eigenvalue weighted by Gasteiger charge is 2.27. The van der Waals surface area contributed by atoms with E-state index in [4.69, 9.17) is 0 Å². The molecule has 2 N–H and O–H groups in total. The molecule has 0 unspecified atom stereocenters. The lowest BCUT2D eigenvalue weighted by Gasteiger charge is -2.43. The van der Waals surface area contributed by atoms with Crippen molar-refractivity contribution >= 4 is 28.5 Å². The molecule has 2 aliphatic rings. The summed E-state index contributed by atoms with van der Waals surface area (Å²) in [6.45, 7) is 9.06. The number of aromatic amines is 1. The third-order valence-corrected chi connectivity index (χ3v) is 7.81. The monoisotopic (exact) mass is 510 g/mol. The number of nitrogens with one attached hydrogen (secondary N) is 2. The van der Waals surface area contributed by atoms with Gasteiger partial charge in [0.15, 0.2) is 5.65 Å². The summed E-state index contributed by atoms with van der Waals surface area (Å²) in [7, 11) is 2.22. The van der Waals surface area contributed by atoms with Crippen LogP contribution in [0.5, 0.6) is 0 Å². The third-order valence-electron chi connectivity index (χ3n) is 7.81. The normalized spacial score (nSPS) is 17.7. The quantitative estimate of drug-likeness (QED) is 0.420. The number of benzene rings is 2. The highest BCUT2D eigenvalue weighted by atomic mass is 16.1. The molecule has 2 fully saturated rings. The van der Waals surface area contributed by atoms with Crippen LogP contribution in [0.4, 0.5) is 17.3 Å². The molecule has 2 aliphatic heterocycles. The average molecular weight is 511 g/mol. The lowest BCUT2D eigenvalue weighted by Crippen LogP contribution is -2.52. The van der Waals surface area contributed by atoms with Crippen LogP contribution in [-0.4, -0.2) is 82.1 Å². The van der Waals surface area contributed by atoms with E-state index in [1.54, 1.807) is 6.20 Å². The summed E-state index contributed by atoms with van der Waals surface area (Å²) in [5, 5.41) is 3.29. The van der Waals surface area contributed by atoms with E-state index in [1.807, 2.05) is 30.3 Å². The van der Waals surface area contributed by atoms with Gasteiger partial charge in [-0.3, -0.25) is 9.69 Å². The summed E-state index contributed by atoms with van der Waals surface area (Å²) in [4.78, 5) is 36.6. The second-order valence-corrected chi connectivity index (χ2v) is 10.4. The van der Waals surface area contributed by atoms with Gasteiger partial charge in [-0.25, -0.2) is 9.97 Å². The zero-order valence-corrected chi connectivity index (χ0v) is 22.0. The van der Waals surface area contributed by atoms with Crippen LogP contribution < -0.4 is 15.8 Å². The lowest BCUT2D eigenvalue weighted by atomic mass is 10.0. The molecule has 4 aromatic rings. The molecule has 4 heterocycles. The number of likely N-dealkylation sites (N-methyl/N-ethyl adjacent to an activating group) is 1. The zero-order chi connectivity index (χ0) is 26.1. The Hall–Kier alpha value is -3.82. The minimum Gasteiger partial charge on any atom is -0.371 e. The zero-order valence-electron chi connectivity index (χ0n) is 22.0. The topological polar surface area (TPSA) is 93.3 Å². The number of hydrogen-bond acceptors (Lipinski definition) is 8. The van der Waals surface area contributed by atoms with E-state index >= 15 is 0 Å². The van der Waals surface area contributed by atoms with E-state index in [1.165, 1.54) is 50.3 Å². The van der Waals surface area contributed by atoms with Crippen molar-refractivity contribution < 1.29 is 0 Å². The van der Waals surface area contributed by atoms with E-state index in [2.05, 4.69) is 72.1 Å². The van der Waals surface area contributed by atoms with Crippen LogP contribution in [0.15, 0.2) is 59.5 Å². The van der Waals surface area contributed by atoms with Crippen LogP contribution in [0, 0.1) is 6.92 Å². The predicted molar refractivity (Wildman–Crippen MR) is 152 cm³/mol. The Labute approximate surface area is 222 Å². The Balaban J connectivity index is 1.13. The van der Waals surface area contributed by atoms with Crippen LogP contribution in [0.2, 0.25) is 0 Å². The number of anilines is 3. The van der Waals surface area contributed by atoms with Crippen LogP contribution in [0.3, 0.4) is 0 Å². The maximum atomic E-state index is 12.7. The first-order valence-electron chi connectivity index (χ1n) is 13.4. The average Bonchev–Trinajstić information content (AvgIpc) is 2.94. The summed E-state index contributed by atoms with van der Waals surface area (Å²) in [6, 6.07) is 16.5. The predicted octanol–water partition coefficient (Wildman–Crippen LogP) is 3.65. The van der Waals surface area contributed by atoms with Crippen molar-refractivity contribution in [3.63, 3.8) is 0 Å². The molecule has 2 aromatic carbocycles. The van der Waals surface area contributed by atoms with Crippen molar-refractivity contribution in [2.45, 2.75) is 25.8 Å². The molecular weight excluding hydrogens is 476 g/mol. The Morgan fingerprint density at radius 1 is 0.947 bits per heavy atom. The minimum absolute atomic E-state index is 0.273. The van der Waals surface area contributed by atoms with E-state index in [0.29, 0.717) is 28.8 Å². The fourth-order valence-electron chi connectivity index (χ4n) is 5.62. The van der Waals surface area contributed by atoms with Crippen LogP contribution >= 0.6 is 0 Å². The molecule has 0 aliphatic carbocycles. The number of piperidine rings is 1. The van der Waals surface area contributed by atoms with Gasteiger partial charge in [-0.2, -0.15) is 4.98 Å². The summed E-state index contributed by atoms with van der Waals surface area (Å²) in [6.07, 6.45) is 4.07. The summed E-state index contributed by atoms with van der Waals surface area (Å²) >= 11 is 0. The highest BCUT2D eigenvalue weighted by Crippen LogP contribution is 2.29. The van der Waals surface area contributed by atoms with Crippen LogP contribution in [-0.2, 0) is 0 Å². The Kier molecular flexibility index (Phi) is 6.78. The van der Waals surface area contributed by atoms with E-state index in [-0.39, 0.29) is 5.56 Å². The van der Waals surface area contributed by atoms with Crippen molar-refractivity contribution in [2.24, 2.45) is 0 Å². The first kappa shape index (κ1) is 24.5. The molecule has 0 radical (unpaired) electrons. The van der Waals surface area contributed by atoms with Crippen molar-refractivity contribution in [3.8, 4) is 11.3 Å². The summed E-state index contributed by atoms with van der Waals surface area (Å²) < 4.78 is 0. The van der Waals surface area contributed by atoms with Gasteiger partial charge in [0.2, 0.25) is 5.95 Å².